The third-order valence-electron chi connectivity index (χ3n) is 4.76. The second-order valence-corrected chi connectivity index (χ2v) is 6.58. The number of rotatable bonds is 7. The quantitative estimate of drug-likeness (QED) is 0.618. The van der Waals surface area contributed by atoms with E-state index in [4.69, 9.17) is 13.9 Å². The average molecular weight is 399 g/mol. The molecule has 1 heterocycles. The summed E-state index contributed by atoms with van der Waals surface area (Å²) in [5.74, 6) is 0.156. The number of ether oxygens (including phenoxy) is 2. The second kappa shape index (κ2) is 8.77. The molecule has 3 rings (SSSR count). The maximum atomic E-state index is 13.2. The highest BCUT2D eigenvalue weighted by Gasteiger charge is 2.19. The summed E-state index contributed by atoms with van der Waals surface area (Å²) < 4.78 is 29.2. The van der Waals surface area contributed by atoms with Crippen LogP contribution in [0, 0.1) is 12.7 Å². The van der Waals surface area contributed by atoms with Crippen LogP contribution < -0.4 is 20.4 Å². The Hall–Kier alpha value is -3.35. The first-order valence-corrected chi connectivity index (χ1v) is 9.13. The molecule has 0 aliphatic rings. The maximum Gasteiger partial charge on any atom is 0.340 e. The summed E-state index contributed by atoms with van der Waals surface area (Å²) in [6.45, 7) is 2.10. The molecule has 152 valence electrons. The number of amides is 1. The standard InChI is InChI=1S/C22H22FNO5/c1-13-16-7-8-18(27-2)21(28-3)20(16)29-22(26)17(13)12-19(25)24-10-9-14-5-4-6-15(23)11-14/h4-8,11H,9-10,12H2,1-3H3,(H,24,25). The molecule has 29 heavy (non-hydrogen) atoms. The fourth-order valence-corrected chi connectivity index (χ4v) is 3.23. The van der Waals surface area contributed by atoms with Crippen molar-refractivity contribution < 1.29 is 23.1 Å². The topological polar surface area (TPSA) is 77.8 Å². The van der Waals surface area contributed by atoms with Crippen LogP contribution in [-0.2, 0) is 17.6 Å². The van der Waals surface area contributed by atoms with E-state index in [9.17, 15) is 14.0 Å². The fraction of sp³-hybridized carbons (Fsp3) is 0.273. The summed E-state index contributed by atoms with van der Waals surface area (Å²) in [6.07, 6.45) is 0.382. The van der Waals surface area contributed by atoms with Gasteiger partial charge < -0.3 is 19.2 Å². The molecule has 0 saturated heterocycles. The van der Waals surface area contributed by atoms with Crippen molar-refractivity contribution in [2.75, 3.05) is 20.8 Å². The highest BCUT2D eigenvalue weighted by Crippen LogP contribution is 2.36. The van der Waals surface area contributed by atoms with E-state index in [-0.39, 0.29) is 29.3 Å². The molecule has 2 aromatic carbocycles. The zero-order valence-electron chi connectivity index (χ0n) is 16.5. The molecule has 1 amide bonds. The van der Waals surface area contributed by atoms with Gasteiger partial charge in [0.2, 0.25) is 11.7 Å². The van der Waals surface area contributed by atoms with Crippen LogP contribution in [-0.4, -0.2) is 26.7 Å². The summed E-state index contributed by atoms with van der Waals surface area (Å²) in [5.41, 5.74) is 1.41. The van der Waals surface area contributed by atoms with Gasteiger partial charge in [-0.1, -0.05) is 12.1 Å². The molecule has 0 spiro atoms. The van der Waals surface area contributed by atoms with Crippen LogP contribution in [0.15, 0.2) is 45.6 Å². The minimum Gasteiger partial charge on any atom is -0.493 e. The third kappa shape index (κ3) is 4.39. The van der Waals surface area contributed by atoms with Crippen LogP contribution in [0.5, 0.6) is 11.5 Å². The van der Waals surface area contributed by atoms with Crippen LogP contribution in [0.1, 0.15) is 16.7 Å². The molecule has 0 aliphatic heterocycles. The molecule has 0 radical (unpaired) electrons. The molecule has 3 aromatic rings. The SMILES string of the molecule is COc1ccc2c(C)c(CC(=O)NCCc3cccc(F)c3)c(=O)oc2c1OC. The summed E-state index contributed by atoms with van der Waals surface area (Å²) in [5, 5.41) is 3.43. The van der Waals surface area contributed by atoms with Gasteiger partial charge in [0.25, 0.3) is 0 Å². The predicted molar refractivity (Wildman–Crippen MR) is 107 cm³/mol. The van der Waals surface area contributed by atoms with E-state index in [0.717, 1.165) is 5.56 Å². The molecule has 1 N–H and O–H groups in total. The largest absolute Gasteiger partial charge is 0.493 e. The zero-order valence-corrected chi connectivity index (χ0v) is 16.5. The van der Waals surface area contributed by atoms with Crippen molar-refractivity contribution in [3.8, 4) is 11.5 Å². The van der Waals surface area contributed by atoms with E-state index in [0.29, 0.717) is 35.4 Å². The van der Waals surface area contributed by atoms with Crippen molar-refractivity contribution in [3.63, 3.8) is 0 Å². The molecule has 0 aliphatic carbocycles. The van der Waals surface area contributed by atoms with Gasteiger partial charge >= 0.3 is 5.63 Å². The average Bonchev–Trinajstić information content (AvgIpc) is 2.70. The molecule has 0 atom stereocenters. The lowest BCUT2D eigenvalue weighted by molar-refractivity contribution is -0.120. The van der Waals surface area contributed by atoms with Crippen molar-refractivity contribution >= 4 is 16.9 Å². The number of methoxy groups -OCH3 is 2. The number of aryl methyl sites for hydroxylation is 1. The van der Waals surface area contributed by atoms with Gasteiger partial charge in [0.1, 0.15) is 5.82 Å². The van der Waals surface area contributed by atoms with Crippen molar-refractivity contribution in [1.29, 1.82) is 0 Å². The minimum atomic E-state index is -0.596. The van der Waals surface area contributed by atoms with Crippen LogP contribution in [0.2, 0.25) is 0 Å². The molecular weight excluding hydrogens is 377 g/mol. The summed E-state index contributed by atoms with van der Waals surface area (Å²) in [4.78, 5) is 24.8. The first-order valence-electron chi connectivity index (χ1n) is 9.13. The van der Waals surface area contributed by atoms with Gasteiger partial charge in [-0.15, -0.1) is 0 Å². The highest BCUT2D eigenvalue weighted by molar-refractivity contribution is 5.89. The van der Waals surface area contributed by atoms with Crippen LogP contribution in [0.25, 0.3) is 11.0 Å². The Bertz CT molecular complexity index is 1110. The van der Waals surface area contributed by atoms with Gasteiger partial charge in [-0.3, -0.25) is 4.79 Å². The first-order chi connectivity index (χ1) is 13.9. The molecule has 0 saturated carbocycles. The Kier molecular flexibility index (Phi) is 6.16. The van der Waals surface area contributed by atoms with E-state index in [1.165, 1.54) is 26.4 Å². The Morgan fingerprint density at radius 1 is 1.17 bits per heavy atom. The van der Waals surface area contributed by atoms with E-state index in [1.54, 1.807) is 31.2 Å². The summed E-state index contributed by atoms with van der Waals surface area (Å²) >= 11 is 0. The summed E-state index contributed by atoms with van der Waals surface area (Å²) in [7, 11) is 2.96. The number of fused-ring (bicyclic) bond motifs is 1. The number of nitrogens with one attached hydrogen (secondary N) is 1. The molecular formula is C22H22FNO5. The van der Waals surface area contributed by atoms with E-state index >= 15 is 0 Å². The fourth-order valence-electron chi connectivity index (χ4n) is 3.23. The third-order valence-corrected chi connectivity index (χ3v) is 4.76. The van der Waals surface area contributed by atoms with Crippen LogP contribution in [0.4, 0.5) is 4.39 Å². The van der Waals surface area contributed by atoms with Crippen LogP contribution in [0.3, 0.4) is 0 Å². The van der Waals surface area contributed by atoms with Gasteiger partial charge in [0.15, 0.2) is 11.3 Å². The molecule has 0 unspecified atom stereocenters. The minimum absolute atomic E-state index is 0.110. The van der Waals surface area contributed by atoms with Gasteiger partial charge in [0.05, 0.1) is 26.2 Å². The van der Waals surface area contributed by atoms with Gasteiger partial charge in [-0.2, -0.15) is 0 Å². The Morgan fingerprint density at radius 2 is 1.97 bits per heavy atom. The molecule has 1 aromatic heterocycles. The van der Waals surface area contributed by atoms with Gasteiger partial charge in [-0.25, -0.2) is 9.18 Å². The number of carbonyl (C=O) groups is 1. The first kappa shape index (κ1) is 20.4. The Labute approximate surface area is 167 Å². The number of hydrogen-bond donors (Lipinski definition) is 1. The summed E-state index contributed by atoms with van der Waals surface area (Å²) in [6, 6.07) is 9.69. The van der Waals surface area contributed by atoms with E-state index in [1.807, 2.05) is 0 Å². The molecule has 6 nitrogen and oxygen atoms in total. The van der Waals surface area contributed by atoms with Crippen molar-refractivity contribution in [2.45, 2.75) is 19.8 Å². The smallest absolute Gasteiger partial charge is 0.340 e. The van der Waals surface area contributed by atoms with Gasteiger partial charge in [0, 0.05) is 11.9 Å². The van der Waals surface area contributed by atoms with Crippen molar-refractivity contribution in [3.05, 3.63) is 69.3 Å². The number of hydrogen-bond acceptors (Lipinski definition) is 5. The number of carbonyl (C=O) groups excluding carboxylic acids is 1. The monoisotopic (exact) mass is 399 g/mol. The molecule has 0 bridgehead atoms. The normalized spacial score (nSPS) is 10.8. The molecule has 0 fully saturated rings. The maximum absolute atomic E-state index is 13.2. The van der Waals surface area contributed by atoms with Crippen molar-refractivity contribution in [2.24, 2.45) is 0 Å². The van der Waals surface area contributed by atoms with E-state index < -0.39 is 5.63 Å². The predicted octanol–water partition coefficient (Wildman–Crippen LogP) is 3.16. The molecule has 7 heteroatoms. The number of benzene rings is 2. The Morgan fingerprint density at radius 3 is 2.66 bits per heavy atom. The zero-order chi connectivity index (χ0) is 21.0. The van der Waals surface area contributed by atoms with Gasteiger partial charge in [-0.05, 0) is 48.7 Å². The Balaban J connectivity index is 1.77. The lowest BCUT2D eigenvalue weighted by atomic mass is 10.0. The lowest BCUT2D eigenvalue weighted by Gasteiger charge is -2.13. The van der Waals surface area contributed by atoms with E-state index in [2.05, 4.69) is 5.32 Å². The van der Waals surface area contributed by atoms with Crippen LogP contribution >= 0.6 is 0 Å². The highest BCUT2D eigenvalue weighted by atomic mass is 19.1. The van der Waals surface area contributed by atoms with Crippen molar-refractivity contribution in [1.82, 2.24) is 5.32 Å². The number of halogens is 1. The second-order valence-electron chi connectivity index (χ2n) is 6.58. The lowest BCUT2D eigenvalue weighted by Crippen LogP contribution is -2.29.